The number of carbonyl (C=O) groups is 3. The zero-order valence-corrected chi connectivity index (χ0v) is 17.2. The fourth-order valence-electron chi connectivity index (χ4n) is 3.76. The molecule has 3 aromatic rings. The number of fused-ring (bicyclic) bond motifs is 3. The van der Waals surface area contributed by atoms with Gasteiger partial charge in [0.2, 0.25) is 11.9 Å². The van der Waals surface area contributed by atoms with E-state index in [2.05, 4.69) is 20.8 Å². The highest BCUT2D eigenvalue weighted by Gasteiger charge is 2.30. The summed E-state index contributed by atoms with van der Waals surface area (Å²) in [6, 6.07) is 14.4. The number of aliphatic carboxylic acids is 1. The summed E-state index contributed by atoms with van der Waals surface area (Å²) in [6.07, 6.45) is -0.125. The molecule has 1 aliphatic rings. The molecular weight excluding hydrogens is 414 g/mol. The molecule has 10 heteroatoms. The first-order valence-corrected chi connectivity index (χ1v) is 9.92. The van der Waals surface area contributed by atoms with E-state index in [0.717, 1.165) is 22.3 Å². The average molecular weight is 435 g/mol. The normalized spacial score (nSPS) is 13.0. The molecule has 0 spiro atoms. The lowest BCUT2D eigenvalue weighted by atomic mass is 9.98. The molecule has 2 amide bonds. The Kier molecular flexibility index (Phi) is 5.84. The van der Waals surface area contributed by atoms with E-state index in [1.807, 2.05) is 48.5 Å². The first-order valence-electron chi connectivity index (χ1n) is 9.92. The van der Waals surface area contributed by atoms with Gasteiger partial charge in [-0.15, -0.1) is 10.2 Å². The van der Waals surface area contributed by atoms with Gasteiger partial charge in [-0.1, -0.05) is 48.5 Å². The van der Waals surface area contributed by atoms with Crippen LogP contribution in [0.1, 0.15) is 23.5 Å². The number of nitrogens with one attached hydrogen (secondary N) is 2. The molecule has 1 aliphatic carbocycles. The SMILES string of the molecule is Cn1cnnc1NC(=O)C(CC(=O)O)NC(=O)OCC1c2ccccc2-c2ccccc21. The quantitative estimate of drug-likeness (QED) is 0.517. The Balaban J connectivity index is 1.43. The van der Waals surface area contributed by atoms with Crippen LogP contribution in [0.4, 0.5) is 10.7 Å². The van der Waals surface area contributed by atoms with E-state index in [0.29, 0.717) is 0 Å². The highest BCUT2D eigenvalue weighted by molar-refractivity contribution is 5.97. The van der Waals surface area contributed by atoms with Crippen molar-refractivity contribution in [2.75, 3.05) is 11.9 Å². The standard InChI is InChI=1S/C22H21N5O5/c1-27-12-23-26-21(27)25-20(30)18(10-19(28)29)24-22(31)32-11-17-15-8-4-2-6-13(15)14-7-3-5-9-16(14)17/h2-9,12,17-18H,10-11H2,1H3,(H,24,31)(H,28,29)(H,25,26,30). The van der Waals surface area contributed by atoms with Crippen molar-refractivity contribution in [2.24, 2.45) is 7.05 Å². The number of hydrogen-bond acceptors (Lipinski definition) is 6. The van der Waals surface area contributed by atoms with Crippen LogP contribution in [0, 0.1) is 0 Å². The second kappa shape index (κ2) is 8.88. The Bertz CT molecular complexity index is 1130. The third kappa shape index (κ3) is 4.29. The van der Waals surface area contributed by atoms with Gasteiger partial charge in [0.05, 0.1) is 6.42 Å². The molecular formula is C22H21N5O5. The Morgan fingerprint density at radius 2 is 1.72 bits per heavy atom. The summed E-state index contributed by atoms with van der Waals surface area (Å²) in [4.78, 5) is 36.1. The number of aromatic nitrogens is 3. The van der Waals surface area contributed by atoms with E-state index in [4.69, 9.17) is 9.84 Å². The smallest absolute Gasteiger partial charge is 0.407 e. The van der Waals surface area contributed by atoms with Crippen LogP contribution in [-0.4, -0.2) is 50.5 Å². The summed E-state index contributed by atoms with van der Waals surface area (Å²) in [7, 11) is 1.61. The fourth-order valence-corrected chi connectivity index (χ4v) is 3.76. The largest absolute Gasteiger partial charge is 0.481 e. The number of rotatable bonds is 7. The first-order chi connectivity index (χ1) is 15.4. The Labute approximate surface area is 183 Å². The zero-order valence-electron chi connectivity index (χ0n) is 17.2. The van der Waals surface area contributed by atoms with E-state index in [1.165, 1.54) is 10.9 Å². The second-order valence-corrected chi connectivity index (χ2v) is 7.38. The summed E-state index contributed by atoms with van der Waals surface area (Å²) >= 11 is 0. The predicted molar refractivity (Wildman–Crippen MR) is 114 cm³/mol. The maximum absolute atomic E-state index is 12.5. The van der Waals surface area contributed by atoms with Crippen molar-refractivity contribution in [1.29, 1.82) is 0 Å². The van der Waals surface area contributed by atoms with Crippen LogP contribution >= 0.6 is 0 Å². The van der Waals surface area contributed by atoms with E-state index >= 15 is 0 Å². The van der Waals surface area contributed by atoms with Gasteiger partial charge in [0.1, 0.15) is 19.0 Å². The topological polar surface area (TPSA) is 135 Å². The fraction of sp³-hybridized carbons (Fsp3) is 0.227. The summed E-state index contributed by atoms with van der Waals surface area (Å²) in [5.74, 6) is -2.02. The molecule has 2 aromatic carbocycles. The van der Waals surface area contributed by atoms with Gasteiger partial charge in [-0.2, -0.15) is 0 Å². The third-order valence-electron chi connectivity index (χ3n) is 5.28. The number of hydrogen-bond donors (Lipinski definition) is 3. The van der Waals surface area contributed by atoms with Crippen molar-refractivity contribution >= 4 is 23.9 Å². The van der Waals surface area contributed by atoms with Crippen molar-refractivity contribution in [3.63, 3.8) is 0 Å². The highest BCUT2D eigenvalue weighted by atomic mass is 16.5. The average Bonchev–Trinajstić information content (AvgIpc) is 3.32. The number of ether oxygens (including phenoxy) is 1. The molecule has 1 atom stereocenters. The van der Waals surface area contributed by atoms with Crippen LogP contribution in [0.25, 0.3) is 11.1 Å². The molecule has 0 saturated heterocycles. The monoisotopic (exact) mass is 435 g/mol. The van der Waals surface area contributed by atoms with E-state index < -0.39 is 30.4 Å². The van der Waals surface area contributed by atoms with Crippen molar-refractivity contribution in [2.45, 2.75) is 18.4 Å². The van der Waals surface area contributed by atoms with Crippen molar-refractivity contribution in [3.05, 3.63) is 66.0 Å². The minimum Gasteiger partial charge on any atom is -0.481 e. The van der Waals surface area contributed by atoms with Gasteiger partial charge in [-0.25, -0.2) is 4.79 Å². The van der Waals surface area contributed by atoms with E-state index in [1.54, 1.807) is 7.05 Å². The van der Waals surface area contributed by atoms with Crippen molar-refractivity contribution in [3.8, 4) is 11.1 Å². The Hall–Kier alpha value is -4.21. The molecule has 32 heavy (non-hydrogen) atoms. The first kappa shape index (κ1) is 21.0. The van der Waals surface area contributed by atoms with Crippen LogP contribution in [-0.2, 0) is 21.4 Å². The van der Waals surface area contributed by atoms with Crippen molar-refractivity contribution in [1.82, 2.24) is 20.1 Å². The summed E-state index contributed by atoms with van der Waals surface area (Å²) in [5, 5.41) is 21.3. The molecule has 1 heterocycles. The number of amides is 2. The van der Waals surface area contributed by atoms with Crippen LogP contribution in [0.3, 0.4) is 0 Å². The maximum atomic E-state index is 12.5. The van der Waals surface area contributed by atoms with Gasteiger partial charge < -0.3 is 19.7 Å². The van der Waals surface area contributed by atoms with Gasteiger partial charge in [-0.05, 0) is 22.3 Å². The zero-order chi connectivity index (χ0) is 22.7. The third-order valence-corrected chi connectivity index (χ3v) is 5.28. The molecule has 0 saturated carbocycles. The van der Waals surface area contributed by atoms with Gasteiger partial charge in [-0.3, -0.25) is 14.9 Å². The molecule has 4 rings (SSSR count). The number of benzene rings is 2. The minimum absolute atomic E-state index is 0.0462. The number of alkyl carbamates (subject to hydrolysis) is 1. The lowest BCUT2D eigenvalue weighted by Gasteiger charge is -2.18. The van der Waals surface area contributed by atoms with Crippen LogP contribution < -0.4 is 10.6 Å². The van der Waals surface area contributed by atoms with Gasteiger partial charge >= 0.3 is 12.1 Å². The number of carboxylic acid groups (broad SMARTS) is 1. The summed E-state index contributed by atoms with van der Waals surface area (Å²) in [6.45, 7) is 0.0462. The number of aryl methyl sites for hydroxylation is 1. The molecule has 0 bridgehead atoms. The molecule has 0 radical (unpaired) electrons. The Morgan fingerprint density at radius 1 is 1.09 bits per heavy atom. The molecule has 164 valence electrons. The van der Waals surface area contributed by atoms with Crippen LogP contribution in [0.15, 0.2) is 54.9 Å². The molecule has 0 aliphatic heterocycles. The number of anilines is 1. The molecule has 1 unspecified atom stereocenters. The summed E-state index contributed by atoms with van der Waals surface area (Å²) in [5.41, 5.74) is 4.26. The van der Waals surface area contributed by atoms with Crippen LogP contribution in [0.5, 0.6) is 0 Å². The maximum Gasteiger partial charge on any atom is 0.407 e. The lowest BCUT2D eigenvalue weighted by molar-refractivity contribution is -0.139. The number of nitrogens with zero attached hydrogens (tertiary/aromatic N) is 3. The van der Waals surface area contributed by atoms with E-state index in [9.17, 15) is 14.4 Å². The number of carboxylic acids is 1. The van der Waals surface area contributed by atoms with Crippen molar-refractivity contribution < 1.29 is 24.2 Å². The molecule has 1 aromatic heterocycles. The predicted octanol–water partition coefficient (Wildman–Crippen LogP) is 2.14. The highest BCUT2D eigenvalue weighted by Crippen LogP contribution is 2.44. The van der Waals surface area contributed by atoms with Crippen LogP contribution in [0.2, 0.25) is 0 Å². The lowest BCUT2D eigenvalue weighted by Crippen LogP contribution is -2.45. The second-order valence-electron chi connectivity index (χ2n) is 7.38. The van der Waals surface area contributed by atoms with Gasteiger partial charge in [0.25, 0.3) is 0 Å². The molecule has 10 nitrogen and oxygen atoms in total. The number of carbonyl (C=O) groups excluding carboxylic acids is 2. The Morgan fingerprint density at radius 3 is 2.28 bits per heavy atom. The molecule has 0 fully saturated rings. The summed E-state index contributed by atoms with van der Waals surface area (Å²) < 4.78 is 6.85. The minimum atomic E-state index is -1.35. The molecule has 3 N–H and O–H groups in total. The van der Waals surface area contributed by atoms with Gasteiger partial charge in [0.15, 0.2) is 0 Å². The van der Waals surface area contributed by atoms with E-state index in [-0.39, 0.29) is 18.5 Å². The van der Waals surface area contributed by atoms with Gasteiger partial charge in [0, 0.05) is 13.0 Å².